The van der Waals surface area contributed by atoms with E-state index in [1.54, 1.807) is 20.8 Å². The minimum Gasteiger partial charge on any atom is -0.480 e. The second kappa shape index (κ2) is 14.6. The number of benzene rings is 3. The van der Waals surface area contributed by atoms with Crippen molar-refractivity contribution in [3.05, 3.63) is 96.1 Å². The lowest BCUT2D eigenvalue weighted by Crippen LogP contribution is -2.58. The van der Waals surface area contributed by atoms with E-state index in [1.807, 2.05) is 84.9 Å². The summed E-state index contributed by atoms with van der Waals surface area (Å²) in [5.41, 5.74) is 1.33. The third kappa shape index (κ3) is 10.1. The van der Waals surface area contributed by atoms with Crippen molar-refractivity contribution >= 4 is 23.8 Å². The standard InChI is InChI=1S/C34H40N2O7/c1-33(2,3)32(41)43-22-42-30(38)28(21-24-16-18-26(19-17-24)25-14-10-7-11-15-25)35-27(20-23-12-8-6-9-13-23)29(37)36-34(4,5)31(39)40/h6-19,27-28,35H,20-22H2,1-5H3,(H,36,37)(H,39,40)/t27-,28?/m0/s1. The van der Waals surface area contributed by atoms with E-state index >= 15 is 0 Å². The molecule has 1 amide bonds. The molecule has 3 rings (SSSR count). The molecule has 3 N–H and O–H groups in total. The fraction of sp³-hybridized carbons (Fsp3) is 0.353. The van der Waals surface area contributed by atoms with Crippen LogP contribution in [0.5, 0.6) is 0 Å². The van der Waals surface area contributed by atoms with Crippen LogP contribution in [0.4, 0.5) is 0 Å². The lowest BCUT2D eigenvalue weighted by atomic mass is 9.98. The van der Waals surface area contributed by atoms with E-state index in [4.69, 9.17) is 9.47 Å². The molecule has 0 fully saturated rings. The van der Waals surface area contributed by atoms with Gasteiger partial charge in [-0.3, -0.25) is 19.7 Å². The number of aliphatic carboxylic acids is 1. The van der Waals surface area contributed by atoms with Crippen molar-refractivity contribution in [3.63, 3.8) is 0 Å². The summed E-state index contributed by atoms with van der Waals surface area (Å²) in [6.45, 7) is 7.25. The number of ether oxygens (including phenoxy) is 2. The quantitative estimate of drug-likeness (QED) is 0.196. The molecule has 0 aliphatic heterocycles. The first-order chi connectivity index (χ1) is 20.3. The van der Waals surface area contributed by atoms with Gasteiger partial charge in [0.15, 0.2) is 0 Å². The van der Waals surface area contributed by atoms with Crippen LogP contribution in [0.25, 0.3) is 11.1 Å². The van der Waals surface area contributed by atoms with Crippen LogP contribution >= 0.6 is 0 Å². The SMILES string of the molecule is CC(C)(C)C(=O)OCOC(=O)C(Cc1ccc(-c2ccccc2)cc1)N[C@@H](Cc1ccccc1)C(=O)NC(C)(C)C(=O)O. The monoisotopic (exact) mass is 588 g/mol. The average molecular weight is 589 g/mol. The van der Waals surface area contributed by atoms with Crippen LogP contribution in [0.15, 0.2) is 84.9 Å². The van der Waals surface area contributed by atoms with E-state index < -0.39 is 53.6 Å². The Morgan fingerprint density at radius 1 is 0.698 bits per heavy atom. The van der Waals surface area contributed by atoms with Gasteiger partial charge in [-0.1, -0.05) is 84.9 Å². The third-order valence-corrected chi connectivity index (χ3v) is 6.76. The van der Waals surface area contributed by atoms with Gasteiger partial charge in [0.2, 0.25) is 12.7 Å². The topological polar surface area (TPSA) is 131 Å². The maximum atomic E-state index is 13.4. The normalized spacial score (nSPS) is 13.0. The van der Waals surface area contributed by atoms with Crippen LogP contribution in [0.3, 0.4) is 0 Å². The lowest BCUT2D eigenvalue weighted by Gasteiger charge is -2.28. The van der Waals surface area contributed by atoms with E-state index in [0.29, 0.717) is 0 Å². The van der Waals surface area contributed by atoms with Crippen molar-refractivity contribution in [2.75, 3.05) is 6.79 Å². The predicted octanol–water partition coefficient (Wildman–Crippen LogP) is 4.54. The highest BCUT2D eigenvalue weighted by Gasteiger charge is 2.34. The lowest BCUT2D eigenvalue weighted by molar-refractivity contribution is -0.174. The number of rotatable bonds is 13. The van der Waals surface area contributed by atoms with Crippen molar-refractivity contribution in [2.45, 2.75) is 65.1 Å². The minimum atomic E-state index is -1.54. The first kappa shape index (κ1) is 33.0. The molecule has 228 valence electrons. The molecule has 0 saturated carbocycles. The molecule has 0 aliphatic carbocycles. The molecule has 3 aromatic carbocycles. The Kier molecular flexibility index (Phi) is 11.2. The second-order valence-electron chi connectivity index (χ2n) is 11.9. The van der Waals surface area contributed by atoms with Crippen LogP contribution in [-0.4, -0.2) is 53.3 Å². The highest BCUT2D eigenvalue weighted by atomic mass is 16.7. The van der Waals surface area contributed by atoms with Crippen LogP contribution in [-0.2, 0) is 41.5 Å². The van der Waals surface area contributed by atoms with Crippen LogP contribution in [0.2, 0.25) is 0 Å². The Labute approximate surface area is 252 Å². The Balaban J connectivity index is 1.87. The Bertz CT molecular complexity index is 1380. The Hall–Kier alpha value is -4.50. The maximum absolute atomic E-state index is 13.4. The summed E-state index contributed by atoms with van der Waals surface area (Å²) in [6.07, 6.45) is 0.333. The minimum absolute atomic E-state index is 0.155. The van der Waals surface area contributed by atoms with Gasteiger partial charge in [-0.15, -0.1) is 0 Å². The molecule has 3 aromatic rings. The predicted molar refractivity (Wildman–Crippen MR) is 163 cm³/mol. The summed E-state index contributed by atoms with van der Waals surface area (Å²) in [7, 11) is 0. The fourth-order valence-corrected chi connectivity index (χ4v) is 4.14. The van der Waals surface area contributed by atoms with Crippen molar-refractivity contribution in [3.8, 4) is 11.1 Å². The van der Waals surface area contributed by atoms with Gasteiger partial charge in [0.1, 0.15) is 11.6 Å². The molecule has 0 heterocycles. The second-order valence-corrected chi connectivity index (χ2v) is 11.9. The summed E-state index contributed by atoms with van der Waals surface area (Å²) in [5.74, 6) is -3.04. The highest BCUT2D eigenvalue weighted by molar-refractivity contribution is 5.90. The van der Waals surface area contributed by atoms with Crippen molar-refractivity contribution in [1.82, 2.24) is 10.6 Å². The van der Waals surface area contributed by atoms with Crippen molar-refractivity contribution in [2.24, 2.45) is 5.41 Å². The zero-order valence-electron chi connectivity index (χ0n) is 25.3. The summed E-state index contributed by atoms with van der Waals surface area (Å²) < 4.78 is 10.5. The first-order valence-corrected chi connectivity index (χ1v) is 14.1. The maximum Gasteiger partial charge on any atom is 0.328 e. The van der Waals surface area contributed by atoms with Gasteiger partial charge >= 0.3 is 17.9 Å². The van der Waals surface area contributed by atoms with Gasteiger partial charge in [0.25, 0.3) is 0 Å². The number of esters is 2. The zero-order chi connectivity index (χ0) is 31.6. The van der Waals surface area contributed by atoms with Gasteiger partial charge in [-0.2, -0.15) is 0 Å². The van der Waals surface area contributed by atoms with Gasteiger partial charge in [0.05, 0.1) is 11.5 Å². The smallest absolute Gasteiger partial charge is 0.328 e. The number of hydrogen-bond donors (Lipinski definition) is 3. The molecule has 0 aromatic heterocycles. The van der Waals surface area contributed by atoms with Crippen molar-refractivity contribution in [1.29, 1.82) is 0 Å². The molecule has 0 bridgehead atoms. The molecule has 0 radical (unpaired) electrons. The number of nitrogens with one attached hydrogen (secondary N) is 2. The van der Waals surface area contributed by atoms with Gasteiger partial charge in [-0.25, -0.2) is 4.79 Å². The third-order valence-electron chi connectivity index (χ3n) is 6.76. The number of carbonyl (C=O) groups is 4. The number of carboxylic acid groups (broad SMARTS) is 1. The largest absolute Gasteiger partial charge is 0.480 e. The molecule has 2 atom stereocenters. The fourth-order valence-electron chi connectivity index (χ4n) is 4.14. The van der Waals surface area contributed by atoms with E-state index in [1.165, 1.54) is 13.8 Å². The molecule has 0 aliphatic rings. The Morgan fingerprint density at radius 2 is 1.21 bits per heavy atom. The van der Waals surface area contributed by atoms with E-state index in [9.17, 15) is 24.3 Å². The molecule has 0 saturated heterocycles. The molecule has 0 spiro atoms. The summed E-state index contributed by atoms with van der Waals surface area (Å²) in [4.78, 5) is 50.7. The van der Waals surface area contributed by atoms with E-state index in [0.717, 1.165) is 22.3 Å². The molecule has 9 heteroatoms. The number of carbonyl (C=O) groups excluding carboxylic acids is 3. The average Bonchev–Trinajstić information content (AvgIpc) is 2.96. The molecule has 9 nitrogen and oxygen atoms in total. The summed E-state index contributed by atoms with van der Waals surface area (Å²) in [6, 6.07) is 24.7. The van der Waals surface area contributed by atoms with E-state index in [-0.39, 0.29) is 12.8 Å². The molecule has 43 heavy (non-hydrogen) atoms. The van der Waals surface area contributed by atoms with Crippen molar-refractivity contribution < 1.29 is 33.8 Å². The first-order valence-electron chi connectivity index (χ1n) is 14.1. The molecular weight excluding hydrogens is 548 g/mol. The number of amides is 1. The summed E-state index contributed by atoms with van der Waals surface area (Å²) in [5, 5.41) is 15.2. The van der Waals surface area contributed by atoms with Gasteiger partial charge in [-0.05, 0) is 69.7 Å². The Morgan fingerprint density at radius 3 is 1.77 bits per heavy atom. The molecule has 1 unspecified atom stereocenters. The zero-order valence-corrected chi connectivity index (χ0v) is 25.3. The highest BCUT2D eigenvalue weighted by Crippen LogP contribution is 2.20. The van der Waals surface area contributed by atoms with Crippen LogP contribution < -0.4 is 10.6 Å². The molecular formula is C34H40N2O7. The van der Waals surface area contributed by atoms with Crippen LogP contribution in [0, 0.1) is 5.41 Å². The van der Waals surface area contributed by atoms with Gasteiger partial charge in [0, 0.05) is 0 Å². The van der Waals surface area contributed by atoms with Gasteiger partial charge < -0.3 is 19.9 Å². The number of hydrogen-bond acceptors (Lipinski definition) is 7. The number of carboxylic acids is 1. The summed E-state index contributed by atoms with van der Waals surface area (Å²) >= 11 is 0. The van der Waals surface area contributed by atoms with E-state index in [2.05, 4.69) is 10.6 Å². The van der Waals surface area contributed by atoms with Crippen LogP contribution in [0.1, 0.15) is 45.7 Å².